The van der Waals surface area contributed by atoms with Crippen molar-refractivity contribution in [3.05, 3.63) is 86.4 Å². The molecule has 4 aromatic rings. The van der Waals surface area contributed by atoms with Crippen LogP contribution in [0.25, 0.3) is 11.0 Å². The lowest BCUT2D eigenvalue weighted by atomic mass is 10.2. The molecular weight excluding hydrogens is 453 g/mol. The highest BCUT2D eigenvalue weighted by atomic mass is 19.1. The normalized spacial score (nSPS) is 11.1. The van der Waals surface area contributed by atoms with Gasteiger partial charge in [0.1, 0.15) is 23.6 Å². The highest BCUT2D eigenvalue weighted by molar-refractivity contribution is 5.93. The van der Waals surface area contributed by atoms with Crippen LogP contribution >= 0.6 is 0 Å². The largest absolute Gasteiger partial charge is 0.492 e. The summed E-state index contributed by atoms with van der Waals surface area (Å²) in [6.07, 6.45) is 0. The topological polar surface area (TPSA) is 100 Å². The molecule has 1 N–H and O–H groups in total. The summed E-state index contributed by atoms with van der Waals surface area (Å²) in [5.74, 6) is -0.370. The van der Waals surface area contributed by atoms with Gasteiger partial charge in [0.2, 0.25) is 5.91 Å². The Kier molecular flexibility index (Phi) is 6.81. The Bertz CT molecular complexity index is 1500. The third-order valence-electron chi connectivity index (χ3n) is 5.59. The highest BCUT2D eigenvalue weighted by Crippen LogP contribution is 2.24. The Labute approximate surface area is 200 Å². The van der Waals surface area contributed by atoms with Crippen molar-refractivity contribution in [2.24, 2.45) is 0 Å². The zero-order valence-electron chi connectivity index (χ0n) is 19.7. The SMILES string of the molecule is CCOc1ccccc1NC(=O)Cn1c(=O)n(Cc2ccc(F)cc2)c(=O)c2c1c(C)nn2CC. The molecule has 10 heteroatoms. The summed E-state index contributed by atoms with van der Waals surface area (Å²) in [5.41, 5.74) is 0.885. The van der Waals surface area contributed by atoms with Crippen LogP contribution in [0.4, 0.5) is 10.1 Å². The van der Waals surface area contributed by atoms with E-state index in [0.29, 0.717) is 41.4 Å². The van der Waals surface area contributed by atoms with Crippen LogP contribution in [0.2, 0.25) is 0 Å². The van der Waals surface area contributed by atoms with Gasteiger partial charge in [-0.05, 0) is 50.6 Å². The molecule has 0 bridgehead atoms. The van der Waals surface area contributed by atoms with Crippen molar-refractivity contribution < 1.29 is 13.9 Å². The second-order valence-corrected chi connectivity index (χ2v) is 7.96. The maximum atomic E-state index is 13.5. The van der Waals surface area contributed by atoms with E-state index >= 15 is 0 Å². The van der Waals surface area contributed by atoms with Crippen LogP contribution in [0.1, 0.15) is 25.1 Å². The molecule has 0 radical (unpaired) electrons. The fourth-order valence-electron chi connectivity index (χ4n) is 4.03. The molecule has 0 unspecified atom stereocenters. The van der Waals surface area contributed by atoms with E-state index in [4.69, 9.17) is 4.74 Å². The summed E-state index contributed by atoms with van der Waals surface area (Å²) in [6, 6.07) is 12.6. The predicted octanol–water partition coefficient (Wildman–Crippen LogP) is 2.91. The van der Waals surface area contributed by atoms with E-state index < -0.39 is 23.0 Å². The van der Waals surface area contributed by atoms with E-state index in [0.717, 1.165) is 4.57 Å². The van der Waals surface area contributed by atoms with Gasteiger partial charge in [-0.3, -0.25) is 23.4 Å². The summed E-state index contributed by atoms with van der Waals surface area (Å²) in [4.78, 5) is 39.9. The van der Waals surface area contributed by atoms with Crippen molar-refractivity contribution in [1.82, 2.24) is 18.9 Å². The number of fused-ring (bicyclic) bond motifs is 1. The highest BCUT2D eigenvalue weighted by Gasteiger charge is 2.22. The Morgan fingerprint density at radius 1 is 1.03 bits per heavy atom. The average molecular weight is 480 g/mol. The molecule has 0 aliphatic heterocycles. The molecule has 2 aromatic heterocycles. The minimum atomic E-state index is -0.654. The third kappa shape index (κ3) is 4.72. The van der Waals surface area contributed by atoms with Crippen molar-refractivity contribution in [3.63, 3.8) is 0 Å². The van der Waals surface area contributed by atoms with Gasteiger partial charge >= 0.3 is 5.69 Å². The zero-order chi connectivity index (χ0) is 25.1. The van der Waals surface area contributed by atoms with Gasteiger partial charge in [-0.15, -0.1) is 0 Å². The lowest BCUT2D eigenvalue weighted by Crippen LogP contribution is -2.42. The van der Waals surface area contributed by atoms with Crippen LogP contribution < -0.4 is 21.3 Å². The quantitative estimate of drug-likeness (QED) is 0.419. The number of carbonyl (C=O) groups is 1. The minimum absolute atomic E-state index is 0.0728. The number of carbonyl (C=O) groups excluding carboxylic acids is 1. The second-order valence-electron chi connectivity index (χ2n) is 7.96. The monoisotopic (exact) mass is 479 g/mol. The van der Waals surface area contributed by atoms with Crippen molar-refractivity contribution in [1.29, 1.82) is 0 Å². The van der Waals surface area contributed by atoms with Crippen molar-refractivity contribution in [2.45, 2.75) is 40.4 Å². The lowest BCUT2D eigenvalue weighted by molar-refractivity contribution is -0.116. The smallest absolute Gasteiger partial charge is 0.332 e. The number of amides is 1. The van der Waals surface area contributed by atoms with E-state index in [2.05, 4.69) is 10.4 Å². The van der Waals surface area contributed by atoms with Crippen LogP contribution in [0, 0.1) is 12.7 Å². The van der Waals surface area contributed by atoms with E-state index in [1.165, 1.54) is 33.5 Å². The summed E-state index contributed by atoms with van der Waals surface area (Å²) < 4.78 is 22.7. The Morgan fingerprint density at radius 2 is 1.74 bits per heavy atom. The Morgan fingerprint density at radius 3 is 2.43 bits per heavy atom. The molecule has 0 atom stereocenters. The van der Waals surface area contributed by atoms with Crippen LogP contribution in [-0.4, -0.2) is 31.4 Å². The second kappa shape index (κ2) is 9.96. The van der Waals surface area contributed by atoms with Crippen LogP contribution in [0.5, 0.6) is 5.75 Å². The average Bonchev–Trinajstić information content (AvgIpc) is 3.18. The fraction of sp³-hybridized carbons (Fsp3) is 0.280. The molecule has 4 rings (SSSR count). The number of nitrogens with one attached hydrogen (secondary N) is 1. The van der Waals surface area contributed by atoms with Crippen LogP contribution in [0.15, 0.2) is 58.1 Å². The maximum Gasteiger partial charge on any atom is 0.332 e. The van der Waals surface area contributed by atoms with Gasteiger partial charge in [0.25, 0.3) is 5.56 Å². The number of benzene rings is 2. The predicted molar refractivity (Wildman–Crippen MR) is 130 cm³/mol. The number of hydrogen-bond donors (Lipinski definition) is 1. The first-order valence-electron chi connectivity index (χ1n) is 11.3. The van der Waals surface area contributed by atoms with Gasteiger partial charge in [0.05, 0.1) is 24.5 Å². The van der Waals surface area contributed by atoms with E-state index in [1.807, 2.05) is 13.8 Å². The standard InChI is InChI=1S/C25H26FN5O4/c1-4-31-23-22(16(3)28-31)29(15-21(32)27-19-8-6-7-9-20(19)35-5-2)25(34)30(24(23)33)14-17-10-12-18(26)13-11-17/h6-13H,4-5,14-15H2,1-3H3,(H,27,32). The van der Waals surface area contributed by atoms with Crippen molar-refractivity contribution >= 4 is 22.6 Å². The lowest BCUT2D eigenvalue weighted by Gasteiger charge is -2.14. The van der Waals surface area contributed by atoms with E-state index in [1.54, 1.807) is 31.2 Å². The molecular formula is C25H26FN5O4. The first kappa shape index (κ1) is 23.9. The molecule has 182 valence electrons. The molecule has 0 fully saturated rings. The number of nitrogens with zero attached hydrogens (tertiary/aromatic N) is 4. The summed E-state index contributed by atoms with van der Waals surface area (Å²) >= 11 is 0. The molecule has 9 nitrogen and oxygen atoms in total. The van der Waals surface area contributed by atoms with Gasteiger partial charge in [-0.2, -0.15) is 5.10 Å². The molecule has 0 aliphatic rings. The third-order valence-corrected chi connectivity index (χ3v) is 5.59. The number of anilines is 1. The van der Waals surface area contributed by atoms with Gasteiger partial charge in [0, 0.05) is 6.54 Å². The van der Waals surface area contributed by atoms with Crippen LogP contribution in [0.3, 0.4) is 0 Å². The number of rotatable bonds is 8. The minimum Gasteiger partial charge on any atom is -0.492 e. The molecule has 35 heavy (non-hydrogen) atoms. The van der Waals surface area contributed by atoms with Gasteiger partial charge in [-0.25, -0.2) is 9.18 Å². The molecule has 0 aliphatic carbocycles. The van der Waals surface area contributed by atoms with Gasteiger partial charge < -0.3 is 10.1 Å². The molecule has 0 spiro atoms. The first-order valence-corrected chi connectivity index (χ1v) is 11.3. The zero-order valence-corrected chi connectivity index (χ0v) is 19.7. The first-order chi connectivity index (χ1) is 16.8. The van der Waals surface area contributed by atoms with Crippen LogP contribution in [-0.2, 0) is 24.4 Å². The number of hydrogen-bond acceptors (Lipinski definition) is 5. The molecule has 2 aromatic carbocycles. The van der Waals surface area contributed by atoms with Gasteiger partial charge in [-0.1, -0.05) is 24.3 Å². The van der Waals surface area contributed by atoms with Crippen molar-refractivity contribution in [3.8, 4) is 5.75 Å². The Hall–Kier alpha value is -4.21. The number of aromatic nitrogens is 4. The number of para-hydroxylation sites is 2. The van der Waals surface area contributed by atoms with E-state index in [-0.39, 0.29) is 18.6 Å². The Balaban J connectivity index is 1.80. The molecule has 0 saturated carbocycles. The summed E-state index contributed by atoms with van der Waals surface area (Å²) in [7, 11) is 0. The molecule has 0 saturated heterocycles. The fourth-order valence-corrected chi connectivity index (χ4v) is 4.03. The van der Waals surface area contributed by atoms with Crippen molar-refractivity contribution in [2.75, 3.05) is 11.9 Å². The number of ether oxygens (including phenoxy) is 1. The summed E-state index contributed by atoms with van der Waals surface area (Å²) in [6.45, 7) is 5.79. The molecule has 1 amide bonds. The molecule has 2 heterocycles. The maximum absolute atomic E-state index is 13.5. The number of halogens is 1. The summed E-state index contributed by atoms with van der Waals surface area (Å²) in [5, 5.41) is 7.19. The number of aryl methyl sites for hydroxylation is 2. The van der Waals surface area contributed by atoms with E-state index in [9.17, 15) is 18.8 Å². The van der Waals surface area contributed by atoms with Gasteiger partial charge in [0.15, 0.2) is 5.52 Å².